The first-order chi connectivity index (χ1) is 13.2. The molecule has 0 radical (unpaired) electrons. The van der Waals surface area contributed by atoms with Crippen molar-refractivity contribution in [2.45, 2.75) is 6.92 Å². The van der Waals surface area contributed by atoms with Crippen molar-refractivity contribution in [3.05, 3.63) is 24.2 Å². The maximum atomic E-state index is 5.45. The molecule has 2 saturated heterocycles. The van der Waals surface area contributed by atoms with E-state index in [9.17, 15) is 0 Å². The monoisotopic (exact) mass is 371 g/mol. The molecule has 2 aliphatic rings. The molecule has 0 spiro atoms. The van der Waals surface area contributed by atoms with E-state index in [4.69, 9.17) is 9.47 Å². The average molecular weight is 371 g/mol. The largest absolute Gasteiger partial charge is 0.481 e. The molecule has 2 fully saturated rings. The molecule has 0 atom stereocenters. The molecule has 2 aromatic rings. The first-order valence-corrected chi connectivity index (χ1v) is 9.28. The maximum Gasteiger partial charge on any atom is 0.228 e. The van der Waals surface area contributed by atoms with Gasteiger partial charge in [-0.1, -0.05) is 0 Å². The summed E-state index contributed by atoms with van der Waals surface area (Å²) in [7, 11) is 1.62. The van der Waals surface area contributed by atoms with E-state index in [-0.39, 0.29) is 0 Å². The summed E-state index contributed by atoms with van der Waals surface area (Å²) >= 11 is 0. The number of methoxy groups -OCH3 is 1. The highest BCUT2D eigenvalue weighted by molar-refractivity contribution is 5.52. The van der Waals surface area contributed by atoms with E-state index in [1.54, 1.807) is 19.4 Å². The fourth-order valence-electron chi connectivity index (χ4n) is 3.39. The molecule has 0 N–H and O–H groups in total. The lowest BCUT2D eigenvalue weighted by Gasteiger charge is -2.36. The zero-order valence-electron chi connectivity index (χ0n) is 15.8. The molecule has 9 heteroatoms. The van der Waals surface area contributed by atoms with Gasteiger partial charge in [0.15, 0.2) is 0 Å². The van der Waals surface area contributed by atoms with Crippen LogP contribution >= 0.6 is 0 Å². The molecule has 0 amide bonds. The minimum atomic E-state index is 0.587. The van der Waals surface area contributed by atoms with Crippen LogP contribution in [0.4, 0.5) is 17.6 Å². The molecule has 0 aromatic carbocycles. The minimum Gasteiger partial charge on any atom is -0.481 e. The van der Waals surface area contributed by atoms with E-state index in [0.29, 0.717) is 11.8 Å². The summed E-state index contributed by atoms with van der Waals surface area (Å²) in [5.41, 5.74) is 0. The third-order valence-electron chi connectivity index (χ3n) is 4.86. The van der Waals surface area contributed by atoms with Crippen LogP contribution in [0, 0.1) is 6.92 Å². The van der Waals surface area contributed by atoms with Gasteiger partial charge in [0.1, 0.15) is 17.5 Å². The van der Waals surface area contributed by atoms with Gasteiger partial charge in [0, 0.05) is 57.6 Å². The number of anilines is 3. The molecular formula is C18H25N7O2. The molecule has 0 saturated carbocycles. The number of rotatable bonds is 4. The van der Waals surface area contributed by atoms with Gasteiger partial charge in [-0.3, -0.25) is 0 Å². The highest BCUT2D eigenvalue weighted by atomic mass is 16.5. The summed E-state index contributed by atoms with van der Waals surface area (Å²) in [6, 6.07) is 3.85. The first-order valence-electron chi connectivity index (χ1n) is 9.28. The summed E-state index contributed by atoms with van der Waals surface area (Å²) in [5.74, 6) is 4.06. The fourth-order valence-corrected chi connectivity index (χ4v) is 3.39. The van der Waals surface area contributed by atoms with Crippen LogP contribution in [0.2, 0.25) is 0 Å². The van der Waals surface area contributed by atoms with Crippen LogP contribution in [0.1, 0.15) is 5.82 Å². The number of nitrogens with zero attached hydrogens (tertiary/aromatic N) is 7. The highest BCUT2D eigenvalue weighted by Crippen LogP contribution is 2.22. The Bertz CT molecular complexity index is 774. The standard InChI is InChI=1S/C18H25N7O2/c1-14-20-15(13-16(21-14)24-9-11-27-12-10-24)23-5-7-25(8-6-23)18-19-4-3-17(22-18)26-2/h3-4,13H,5-12H2,1-2H3. The average Bonchev–Trinajstić information content (AvgIpc) is 2.74. The Labute approximate surface area is 159 Å². The Kier molecular flexibility index (Phi) is 5.19. The number of aryl methyl sites for hydroxylation is 1. The normalized spacial score (nSPS) is 17.9. The van der Waals surface area contributed by atoms with Crippen molar-refractivity contribution >= 4 is 17.6 Å². The molecule has 4 heterocycles. The number of morpholine rings is 1. The third-order valence-corrected chi connectivity index (χ3v) is 4.86. The van der Waals surface area contributed by atoms with Crippen molar-refractivity contribution in [2.24, 2.45) is 0 Å². The van der Waals surface area contributed by atoms with Gasteiger partial charge < -0.3 is 24.2 Å². The van der Waals surface area contributed by atoms with Gasteiger partial charge >= 0.3 is 0 Å². The van der Waals surface area contributed by atoms with Gasteiger partial charge in [0.2, 0.25) is 11.8 Å². The van der Waals surface area contributed by atoms with E-state index in [1.807, 2.05) is 6.92 Å². The second-order valence-corrected chi connectivity index (χ2v) is 6.60. The SMILES string of the molecule is COc1ccnc(N2CCN(c3cc(N4CCOCC4)nc(C)n3)CC2)n1. The van der Waals surface area contributed by atoms with Gasteiger partial charge in [0.05, 0.1) is 20.3 Å². The third kappa shape index (κ3) is 4.02. The van der Waals surface area contributed by atoms with E-state index in [0.717, 1.165) is 69.9 Å². The lowest BCUT2D eigenvalue weighted by atomic mass is 10.3. The van der Waals surface area contributed by atoms with Crippen LogP contribution < -0.4 is 19.4 Å². The zero-order valence-corrected chi connectivity index (χ0v) is 15.8. The van der Waals surface area contributed by atoms with Gasteiger partial charge in [0.25, 0.3) is 0 Å². The van der Waals surface area contributed by atoms with Crippen molar-refractivity contribution in [2.75, 3.05) is 74.3 Å². The molecule has 144 valence electrons. The van der Waals surface area contributed by atoms with Crippen LogP contribution in [0.15, 0.2) is 18.3 Å². The van der Waals surface area contributed by atoms with Gasteiger partial charge in [-0.25, -0.2) is 15.0 Å². The molecule has 0 unspecified atom stereocenters. The maximum absolute atomic E-state index is 5.45. The molecule has 27 heavy (non-hydrogen) atoms. The predicted octanol–water partition coefficient (Wildman–Crippen LogP) is 0.747. The molecule has 0 aliphatic carbocycles. The lowest BCUT2D eigenvalue weighted by Crippen LogP contribution is -2.47. The molecule has 0 bridgehead atoms. The number of hydrogen-bond acceptors (Lipinski definition) is 9. The number of aromatic nitrogens is 4. The van der Waals surface area contributed by atoms with Gasteiger partial charge in [-0.2, -0.15) is 4.98 Å². The fraction of sp³-hybridized carbons (Fsp3) is 0.556. The summed E-state index contributed by atoms with van der Waals surface area (Å²) in [6.45, 7) is 8.59. The van der Waals surface area contributed by atoms with Crippen LogP contribution in [0.25, 0.3) is 0 Å². The van der Waals surface area contributed by atoms with Crippen LogP contribution in [-0.4, -0.2) is 79.5 Å². The first kappa shape index (κ1) is 17.7. The summed E-state index contributed by atoms with van der Waals surface area (Å²) in [4.78, 5) is 24.8. The minimum absolute atomic E-state index is 0.587. The van der Waals surface area contributed by atoms with Crippen molar-refractivity contribution in [3.8, 4) is 5.88 Å². The van der Waals surface area contributed by atoms with Crippen LogP contribution in [0.3, 0.4) is 0 Å². The van der Waals surface area contributed by atoms with Crippen molar-refractivity contribution < 1.29 is 9.47 Å². The van der Waals surface area contributed by atoms with Crippen molar-refractivity contribution in [1.29, 1.82) is 0 Å². The molecule has 2 aromatic heterocycles. The molecule has 9 nitrogen and oxygen atoms in total. The molecule has 2 aliphatic heterocycles. The zero-order chi connectivity index (χ0) is 18.6. The van der Waals surface area contributed by atoms with Gasteiger partial charge in [-0.15, -0.1) is 0 Å². The van der Waals surface area contributed by atoms with Gasteiger partial charge in [-0.05, 0) is 6.92 Å². The smallest absolute Gasteiger partial charge is 0.228 e. The Morgan fingerprint density at radius 1 is 0.889 bits per heavy atom. The summed E-state index contributed by atoms with van der Waals surface area (Å²) in [5, 5.41) is 0. The number of ether oxygens (including phenoxy) is 2. The Hall–Kier alpha value is -2.68. The predicted molar refractivity (Wildman–Crippen MR) is 103 cm³/mol. The van der Waals surface area contributed by atoms with Crippen LogP contribution in [-0.2, 0) is 4.74 Å². The Balaban J connectivity index is 1.45. The second-order valence-electron chi connectivity index (χ2n) is 6.60. The quantitative estimate of drug-likeness (QED) is 0.773. The van der Waals surface area contributed by atoms with Crippen molar-refractivity contribution in [1.82, 2.24) is 19.9 Å². The van der Waals surface area contributed by atoms with Crippen molar-refractivity contribution in [3.63, 3.8) is 0 Å². The summed E-state index contributed by atoms with van der Waals surface area (Å²) in [6.07, 6.45) is 1.73. The van der Waals surface area contributed by atoms with E-state index >= 15 is 0 Å². The van der Waals surface area contributed by atoms with E-state index in [2.05, 4.69) is 40.7 Å². The van der Waals surface area contributed by atoms with Crippen LogP contribution in [0.5, 0.6) is 5.88 Å². The highest BCUT2D eigenvalue weighted by Gasteiger charge is 2.22. The van der Waals surface area contributed by atoms with E-state index < -0.39 is 0 Å². The summed E-state index contributed by atoms with van der Waals surface area (Å²) < 4.78 is 10.6. The molecular weight excluding hydrogens is 346 g/mol. The topological polar surface area (TPSA) is 79.7 Å². The lowest BCUT2D eigenvalue weighted by molar-refractivity contribution is 0.122. The Morgan fingerprint density at radius 2 is 1.52 bits per heavy atom. The molecule has 4 rings (SSSR count). The second kappa shape index (κ2) is 7.91. The Morgan fingerprint density at radius 3 is 2.19 bits per heavy atom. The number of hydrogen-bond donors (Lipinski definition) is 0. The van der Waals surface area contributed by atoms with E-state index in [1.165, 1.54) is 0 Å². The number of piperazine rings is 1.